The lowest BCUT2D eigenvalue weighted by Crippen LogP contribution is -2.31. The molecule has 0 aromatic heterocycles. The fourth-order valence-electron chi connectivity index (χ4n) is 5.29. The molecule has 172 valence electrons. The van der Waals surface area contributed by atoms with E-state index < -0.39 is 18.9 Å². The van der Waals surface area contributed by atoms with E-state index in [0.717, 1.165) is 38.4 Å². The molecule has 5 heteroatoms. The van der Waals surface area contributed by atoms with Crippen LogP contribution in [0.4, 0.5) is 13.2 Å². The lowest BCUT2D eigenvalue weighted by atomic mass is 9.94. The molecule has 0 radical (unpaired) electrons. The molecule has 6 aromatic rings. The van der Waals surface area contributed by atoms with Gasteiger partial charge in [0.2, 0.25) is 0 Å². The summed E-state index contributed by atoms with van der Waals surface area (Å²) in [4.78, 5) is 0. The van der Waals surface area contributed by atoms with Crippen molar-refractivity contribution in [3.8, 4) is 0 Å². The van der Waals surface area contributed by atoms with Crippen molar-refractivity contribution in [1.29, 1.82) is 0 Å². The first-order chi connectivity index (χ1) is 16.8. The van der Waals surface area contributed by atoms with Crippen molar-refractivity contribution in [1.82, 2.24) is 0 Å². The zero-order valence-electron chi connectivity index (χ0n) is 18.8. The quantitative estimate of drug-likeness (QED) is 0.187. The molecule has 1 nitrogen and oxygen atoms in total. The van der Waals surface area contributed by atoms with Crippen LogP contribution < -0.4 is 15.9 Å². The van der Waals surface area contributed by atoms with Crippen LogP contribution in [0.15, 0.2) is 103 Å². The number of alkyl halides is 3. The third-order valence-electron chi connectivity index (χ3n) is 6.85. The van der Waals surface area contributed by atoms with Gasteiger partial charge in [-0.25, -0.2) is 0 Å². The fourth-order valence-corrected chi connectivity index (χ4v) is 8.58. The molecule has 0 saturated heterocycles. The highest BCUT2D eigenvalue weighted by molar-refractivity contribution is 7.86. The first-order valence-electron chi connectivity index (χ1n) is 11.3. The van der Waals surface area contributed by atoms with Crippen LogP contribution in [0.1, 0.15) is 11.1 Å². The third kappa shape index (κ3) is 3.20. The summed E-state index contributed by atoms with van der Waals surface area (Å²) in [5.41, 5.74) is -0.171. The Kier molecular flexibility index (Phi) is 4.81. The van der Waals surface area contributed by atoms with Crippen molar-refractivity contribution in [3.05, 3.63) is 114 Å². The SMILES string of the molecule is Cc1ccccc1P(=O)(c1ccccc1C(F)(F)F)c1ccc2ccc3cccc4ccc1c2c34. The average molecular weight is 484 g/mol. The van der Waals surface area contributed by atoms with Gasteiger partial charge in [-0.05, 0) is 56.9 Å². The average Bonchev–Trinajstić information content (AvgIpc) is 2.86. The summed E-state index contributed by atoms with van der Waals surface area (Å²) in [6.07, 6.45) is -4.64. The van der Waals surface area contributed by atoms with Gasteiger partial charge in [-0.3, -0.25) is 0 Å². The smallest absolute Gasteiger partial charge is 0.309 e. The van der Waals surface area contributed by atoms with Crippen LogP contribution in [-0.4, -0.2) is 0 Å². The Labute approximate surface area is 200 Å². The molecule has 1 unspecified atom stereocenters. The molecule has 35 heavy (non-hydrogen) atoms. The Morgan fingerprint density at radius 2 is 1.14 bits per heavy atom. The first kappa shape index (κ1) is 21.9. The van der Waals surface area contributed by atoms with Crippen molar-refractivity contribution in [2.24, 2.45) is 0 Å². The fraction of sp³-hybridized carbons (Fsp3) is 0.0667. The van der Waals surface area contributed by atoms with Crippen molar-refractivity contribution in [2.75, 3.05) is 0 Å². The molecule has 0 aliphatic carbocycles. The number of hydrogen-bond acceptors (Lipinski definition) is 1. The van der Waals surface area contributed by atoms with Crippen molar-refractivity contribution < 1.29 is 17.7 Å². The van der Waals surface area contributed by atoms with Crippen molar-refractivity contribution in [3.63, 3.8) is 0 Å². The second-order valence-corrected chi connectivity index (χ2v) is 11.5. The Morgan fingerprint density at radius 1 is 0.571 bits per heavy atom. The number of hydrogen-bond donors (Lipinski definition) is 0. The van der Waals surface area contributed by atoms with E-state index in [1.165, 1.54) is 18.2 Å². The minimum absolute atomic E-state index is 0.183. The van der Waals surface area contributed by atoms with Gasteiger partial charge in [0.05, 0.1) is 5.56 Å². The van der Waals surface area contributed by atoms with E-state index in [1.54, 1.807) is 31.2 Å². The summed E-state index contributed by atoms with van der Waals surface area (Å²) in [5.74, 6) is 0. The minimum atomic E-state index is -4.64. The summed E-state index contributed by atoms with van der Waals surface area (Å²) in [5, 5.41) is 6.39. The molecule has 0 spiro atoms. The normalized spacial score (nSPS) is 14.1. The van der Waals surface area contributed by atoms with Gasteiger partial charge in [-0.1, -0.05) is 91.0 Å². The number of aryl methyl sites for hydroxylation is 1. The molecule has 0 amide bonds. The number of benzene rings is 6. The Morgan fingerprint density at radius 3 is 1.83 bits per heavy atom. The van der Waals surface area contributed by atoms with Gasteiger partial charge in [0, 0.05) is 15.9 Å². The van der Waals surface area contributed by atoms with Crippen LogP contribution in [0.25, 0.3) is 32.3 Å². The van der Waals surface area contributed by atoms with Gasteiger partial charge in [0.15, 0.2) is 7.14 Å². The maximum Gasteiger partial charge on any atom is 0.417 e. The topological polar surface area (TPSA) is 17.1 Å². The van der Waals surface area contributed by atoms with Crippen LogP contribution >= 0.6 is 7.14 Å². The van der Waals surface area contributed by atoms with E-state index in [4.69, 9.17) is 0 Å². The van der Waals surface area contributed by atoms with Gasteiger partial charge in [0.1, 0.15) is 0 Å². The van der Waals surface area contributed by atoms with E-state index >= 15 is 4.57 Å². The van der Waals surface area contributed by atoms with Gasteiger partial charge in [-0.15, -0.1) is 0 Å². The number of rotatable bonds is 3. The lowest BCUT2D eigenvalue weighted by molar-refractivity contribution is -0.136. The zero-order chi connectivity index (χ0) is 24.4. The van der Waals surface area contributed by atoms with E-state index in [2.05, 4.69) is 0 Å². The minimum Gasteiger partial charge on any atom is -0.309 e. The molecule has 0 saturated carbocycles. The molecule has 0 bridgehead atoms. The van der Waals surface area contributed by atoms with E-state index in [9.17, 15) is 13.2 Å². The summed E-state index contributed by atoms with van der Waals surface area (Å²) in [6.45, 7) is 1.80. The molecular weight excluding hydrogens is 464 g/mol. The van der Waals surface area contributed by atoms with Gasteiger partial charge >= 0.3 is 6.18 Å². The largest absolute Gasteiger partial charge is 0.417 e. The highest BCUT2D eigenvalue weighted by Crippen LogP contribution is 2.49. The van der Waals surface area contributed by atoms with Crippen LogP contribution in [-0.2, 0) is 10.7 Å². The van der Waals surface area contributed by atoms with E-state index in [-0.39, 0.29) is 5.30 Å². The molecule has 0 aliphatic heterocycles. The predicted molar refractivity (Wildman–Crippen MR) is 139 cm³/mol. The molecule has 1 atom stereocenters. The summed E-state index contributed by atoms with van der Waals surface area (Å²) < 4.78 is 58.0. The van der Waals surface area contributed by atoms with Crippen LogP contribution in [0.2, 0.25) is 0 Å². The Hall–Kier alpha value is -3.62. The molecule has 0 fully saturated rings. The highest BCUT2D eigenvalue weighted by Gasteiger charge is 2.42. The third-order valence-corrected chi connectivity index (χ3v) is 10.2. The van der Waals surface area contributed by atoms with Gasteiger partial charge in [-0.2, -0.15) is 13.2 Å². The van der Waals surface area contributed by atoms with Gasteiger partial charge < -0.3 is 4.57 Å². The van der Waals surface area contributed by atoms with Crippen molar-refractivity contribution >= 4 is 55.4 Å². The Balaban J connectivity index is 1.81. The van der Waals surface area contributed by atoms with E-state index in [0.29, 0.717) is 16.2 Å². The maximum atomic E-state index is 15.4. The molecule has 6 rings (SSSR count). The van der Waals surface area contributed by atoms with Gasteiger partial charge in [0.25, 0.3) is 0 Å². The zero-order valence-corrected chi connectivity index (χ0v) is 19.7. The van der Waals surface area contributed by atoms with Crippen molar-refractivity contribution in [2.45, 2.75) is 13.1 Å². The molecule has 0 aliphatic rings. The summed E-state index contributed by atoms with van der Waals surface area (Å²) >= 11 is 0. The summed E-state index contributed by atoms with van der Waals surface area (Å²) in [7, 11) is -3.93. The molecule has 0 heterocycles. The maximum absolute atomic E-state index is 15.4. The number of halogens is 3. The van der Waals surface area contributed by atoms with Crippen LogP contribution in [0.3, 0.4) is 0 Å². The second-order valence-electron chi connectivity index (χ2n) is 8.85. The monoisotopic (exact) mass is 484 g/mol. The molecule has 6 aromatic carbocycles. The highest BCUT2D eigenvalue weighted by atomic mass is 31.2. The first-order valence-corrected chi connectivity index (χ1v) is 13.0. The summed E-state index contributed by atoms with van der Waals surface area (Å²) in [6, 6.07) is 29.9. The second kappa shape index (κ2) is 7.69. The lowest BCUT2D eigenvalue weighted by Gasteiger charge is -2.26. The Bertz CT molecular complexity index is 1770. The standard InChI is InChI=1S/C30H20F3OP/c1-19-7-2-4-11-25(19)35(34,27-12-5-3-10-24(27)30(31,32)33)26-18-16-22-14-13-20-8-6-9-21-15-17-23(26)29(22)28(20)21/h2-18H,1H3. The molecule has 0 N–H and O–H groups in total. The van der Waals surface area contributed by atoms with E-state index in [1.807, 2.05) is 54.6 Å². The van der Waals surface area contributed by atoms with Crippen LogP contribution in [0.5, 0.6) is 0 Å². The molecular formula is C30H20F3OP. The van der Waals surface area contributed by atoms with Crippen LogP contribution in [0, 0.1) is 6.92 Å². The predicted octanol–water partition coefficient (Wildman–Crippen LogP) is 7.55.